The summed E-state index contributed by atoms with van der Waals surface area (Å²) in [5, 5.41) is 0. The fraction of sp³-hybridized carbons (Fsp3) is 0.333. The first-order valence-electron chi connectivity index (χ1n) is 7.27. The van der Waals surface area contributed by atoms with Crippen LogP contribution in [0.1, 0.15) is 53.5 Å². The maximum absolute atomic E-state index is 14.2. The summed E-state index contributed by atoms with van der Waals surface area (Å²) in [6.45, 7) is 1.77. The van der Waals surface area contributed by atoms with Crippen molar-refractivity contribution < 1.29 is 4.39 Å². The van der Waals surface area contributed by atoms with E-state index in [9.17, 15) is 4.39 Å². The summed E-state index contributed by atoms with van der Waals surface area (Å²) in [4.78, 5) is 0. The quantitative estimate of drug-likeness (QED) is 0.875. The van der Waals surface area contributed by atoms with Crippen molar-refractivity contribution in [1.82, 2.24) is 0 Å². The Morgan fingerprint density at radius 3 is 2.60 bits per heavy atom. The van der Waals surface area contributed by atoms with Crippen molar-refractivity contribution in [3.05, 3.63) is 70.5 Å². The molecule has 1 nitrogen and oxygen atoms in total. The average molecular weight is 269 g/mol. The Balaban J connectivity index is 1.93. The van der Waals surface area contributed by atoms with Crippen LogP contribution in [-0.4, -0.2) is 0 Å². The molecule has 0 aliphatic heterocycles. The summed E-state index contributed by atoms with van der Waals surface area (Å²) in [6.07, 6.45) is 3.84. The average Bonchev–Trinajstić information content (AvgIpc) is 2.40. The van der Waals surface area contributed by atoms with Crippen molar-refractivity contribution in [2.45, 2.75) is 38.1 Å². The van der Waals surface area contributed by atoms with Crippen molar-refractivity contribution in [3.8, 4) is 0 Å². The van der Waals surface area contributed by atoms with E-state index in [2.05, 4.69) is 12.1 Å². The molecule has 0 radical (unpaired) electrons. The van der Waals surface area contributed by atoms with Crippen LogP contribution < -0.4 is 5.73 Å². The Morgan fingerprint density at radius 1 is 1.15 bits per heavy atom. The standard InChI is InChI=1S/C18H20FN/c1-12-5-2-10-16(17(12)19)18(20)15-9-4-8-14(11-15)13-6-3-7-13/h2,4-5,8-11,13,18H,3,6-7,20H2,1H3. The van der Waals surface area contributed by atoms with Gasteiger partial charge in [-0.1, -0.05) is 48.9 Å². The minimum atomic E-state index is -0.394. The Kier molecular flexibility index (Phi) is 3.58. The van der Waals surface area contributed by atoms with Crippen LogP contribution in [0.5, 0.6) is 0 Å². The fourth-order valence-corrected chi connectivity index (χ4v) is 2.84. The SMILES string of the molecule is Cc1cccc(C(N)c2cccc(C3CCC3)c2)c1F. The maximum atomic E-state index is 14.2. The Morgan fingerprint density at radius 2 is 1.90 bits per heavy atom. The van der Waals surface area contributed by atoms with Crippen molar-refractivity contribution >= 4 is 0 Å². The summed E-state index contributed by atoms with van der Waals surface area (Å²) in [5.74, 6) is 0.485. The molecule has 0 bridgehead atoms. The Labute approximate surface area is 119 Å². The van der Waals surface area contributed by atoms with E-state index in [0.717, 1.165) is 5.56 Å². The van der Waals surface area contributed by atoms with Gasteiger partial charge in [-0.25, -0.2) is 4.39 Å². The van der Waals surface area contributed by atoms with E-state index in [1.807, 2.05) is 18.2 Å². The summed E-state index contributed by atoms with van der Waals surface area (Å²) in [5.41, 5.74) is 9.84. The van der Waals surface area contributed by atoms with Crippen LogP contribution >= 0.6 is 0 Å². The molecular weight excluding hydrogens is 249 g/mol. The number of nitrogens with two attached hydrogens (primary N) is 1. The molecule has 0 heterocycles. The van der Waals surface area contributed by atoms with Gasteiger partial charge in [0.05, 0.1) is 6.04 Å². The monoisotopic (exact) mass is 269 g/mol. The summed E-state index contributed by atoms with van der Waals surface area (Å²) >= 11 is 0. The second kappa shape index (κ2) is 5.37. The lowest BCUT2D eigenvalue weighted by molar-refractivity contribution is 0.419. The first-order chi connectivity index (χ1) is 9.66. The van der Waals surface area contributed by atoms with Crippen LogP contribution in [0.25, 0.3) is 0 Å². The second-order valence-electron chi connectivity index (χ2n) is 5.75. The molecule has 1 fully saturated rings. The molecule has 0 spiro atoms. The molecule has 0 aromatic heterocycles. The third kappa shape index (κ3) is 2.36. The van der Waals surface area contributed by atoms with E-state index in [4.69, 9.17) is 5.73 Å². The zero-order chi connectivity index (χ0) is 14.1. The van der Waals surface area contributed by atoms with Crippen LogP contribution in [0.4, 0.5) is 4.39 Å². The molecule has 20 heavy (non-hydrogen) atoms. The van der Waals surface area contributed by atoms with Gasteiger partial charge in [-0.15, -0.1) is 0 Å². The van der Waals surface area contributed by atoms with Gasteiger partial charge in [-0.2, -0.15) is 0 Å². The zero-order valence-electron chi connectivity index (χ0n) is 11.8. The van der Waals surface area contributed by atoms with Gasteiger partial charge in [-0.3, -0.25) is 0 Å². The first kappa shape index (κ1) is 13.3. The van der Waals surface area contributed by atoms with Gasteiger partial charge in [0.25, 0.3) is 0 Å². The number of rotatable bonds is 3. The summed E-state index contributed by atoms with van der Waals surface area (Å²) in [7, 11) is 0. The van der Waals surface area contributed by atoms with Gasteiger partial charge in [0.15, 0.2) is 0 Å². The zero-order valence-corrected chi connectivity index (χ0v) is 11.8. The minimum absolute atomic E-state index is 0.186. The lowest BCUT2D eigenvalue weighted by atomic mass is 9.79. The number of benzene rings is 2. The highest BCUT2D eigenvalue weighted by Gasteiger charge is 2.21. The molecule has 1 unspecified atom stereocenters. The highest BCUT2D eigenvalue weighted by atomic mass is 19.1. The number of halogens is 1. The van der Waals surface area contributed by atoms with Gasteiger partial charge in [-0.05, 0) is 42.4 Å². The van der Waals surface area contributed by atoms with Crippen molar-refractivity contribution in [2.75, 3.05) is 0 Å². The maximum Gasteiger partial charge on any atom is 0.131 e. The molecule has 2 aromatic carbocycles. The number of hydrogen-bond acceptors (Lipinski definition) is 1. The topological polar surface area (TPSA) is 26.0 Å². The molecule has 1 aliphatic carbocycles. The molecule has 0 saturated heterocycles. The van der Waals surface area contributed by atoms with E-state index in [0.29, 0.717) is 17.0 Å². The normalized spacial score (nSPS) is 16.8. The largest absolute Gasteiger partial charge is 0.320 e. The molecule has 0 amide bonds. The predicted octanol–water partition coefficient (Wildman–Crippen LogP) is 4.45. The smallest absolute Gasteiger partial charge is 0.131 e. The number of aryl methyl sites for hydroxylation is 1. The molecule has 2 aromatic rings. The van der Waals surface area contributed by atoms with Crippen molar-refractivity contribution in [2.24, 2.45) is 5.73 Å². The molecule has 1 aliphatic rings. The molecule has 1 atom stereocenters. The van der Waals surface area contributed by atoms with Crippen LogP contribution in [-0.2, 0) is 0 Å². The molecule has 1 saturated carbocycles. The third-order valence-corrected chi connectivity index (χ3v) is 4.40. The van der Waals surface area contributed by atoms with E-state index in [-0.39, 0.29) is 5.82 Å². The fourth-order valence-electron chi connectivity index (χ4n) is 2.84. The molecule has 2 N–H and O–H groups in total. The van der Waals surface area contributed by atoms with Crippen molar-refractivity contribution in [1.29, 1.82) is 0 Å². The van der Waals surface area contributed by atoms with E-state index in [1.165, 1.54) is 24.8 Å². The van der Waals surface area contributed by atoms with Gasteiger partial charge < -0.3 is 5.73 Å². The Bertz CT molecular complexity index is 617. The predicted molar refractivity (Wildman–Crippen MR) is 80.2 cm³/mol. The van der Waals surface area contributed by atoms with Crippen LogP contribution in [0.15, 0.2) is 42.5 Å². The van der Waals surface area contributed by atoms with E-state index >= 15 is 0 Å². The second-order valence-corrected chi connectivity index (χ2v) is 5.75. The molecule has 104 valence electrons. The summed E-state index contributed by atoms with van der Waals surface area (Å²) in [6, 6.07) is 13.4. The van der Waals surface area contributed by atoms with E-state index < -0.39 is 6.04 Å². The first-order valence-corrected chi connectivity index (χ1v) is 7.27. The van der Waals surface area contributed by atoms with Crippen molar-refractivity contribution in [3.63, 3.8) is 0 Å². The summed E-state index contributed by atoms with van der Waals surface area (Å²) < 4.78 is 14.2. The van der Waals surface area contributed by atoms with Gasteiger partial charge >= 0.3 is 0 Å². The number of hydrogen-bond donors (Lipinski definition) is 1. The van der Waals surface area contributed by atoms with Gasteiger partial charge in [0.2, 0.25) is 0 Å². The Hall–Kier alpha value is -1.67. The van der Waals surface area contributed by atoms with E-state index in [1.54, 1.807) is 19.1 Å². The van der Waals surface area contributed by atoms with Crippen LogP contribution in [0, 0.1) is 12.7 Å². The highest BCUT2D eigenvalue weighted by molar-refractivity contribution is 5.37. The lowest BCUT2D eigenvalue weighted by Crippen LogP contribution is -2.15. The van der Waals surface area contributed by atoms with Crippen LogP contribution in [0.2, 0.25) is 0 Å². The lowest BCUT2D eigenvalue weighted by Gasteiger charge is -2.26. The van der Waals surface area contributed by atoms with Gasteiger partial charge in [0.1, 0.15) is 5.82 Å². The highest BCUT2D eigenvalue weighted by Crippen LogP contribution is 2.37. The minimum Gasteiger partial charge on any atom is -0.320 e. The molecule has 3 rings (SSSR count). The third-order valence-electron chi connectivity index (χ3n) is 4.40. The molecular formula is C18H20FN. The molecule has 2 heteroatoms. The van der Waals surface area contributed by atoms with Gasteiger partial charge in [0, 0.05) is 5.56 Å². The van der Waals surface area contributed by atoms with Crippen LogP contribution in [0.3, 0.4) is 0 Å².